The molecule has 6 unspecified atom stereocenters. The van der Waals surface area contributed by atoms with Crippen LogP contribution in [0.15, 0.2) is 0 Å². The maximum Gasteiger partial charge on any atom is 0.0583 e. The quantitative estimate of drug-likeness (QED) is 0.610. The van der Waals surface area contributed by atoms with Gasteiger partial charge in [0, 0.05) is 44.2 Å². The van der Waals surface area contributed by atoms with Gasteiger partial charge in [-0.15, -0.1) is 0 Å². The fourth-order valence-electron chi connectivity index (χ4n) is 5.04. The van der Waals surface area contributed by atoms with Crippen LogP contribution < -0.4 is 16.3 Å². The minimum Gasteiger partial charge on any atom is -0.381 e. The summed E-state index contributed by atoms with van der Waals surface area (Å²) >= 11 is 0. The monoisotopic (exact) mass is 338 g/mol. The Morgan fingerprint density at radius 1 is 1.04 bits per heavy atom. The lowest BCUT2D eigenvalue weighted by Gasteiger charge is -2.35. The number of nitrogens with zero attached hydrogens (tertiary/aromatic N) is 1. The fourth-order valence-corrected chi connectivity index (χ4v) is 5.04. The molecule has 4 bridgehead atoms. The van der Waals surface area contributed by atoms with Gasteiger partial charge in [0.2, 0.25) is 0 Å². The van der Waals surface area contributed by atoms with Crippen molar-refractivity contribution in [1.29, 1.82) is 0 Å². The molecule has 0 radical (unpaired) electrons. The highest BCUT2D eigenvalue weighted by Gasteiger charge is 2.45. The van der Waals surface area contributed by atoms with E-state index in [4.69, 9.17) is 9.47 Å². The van der Waals surface area contributed by atoms with Crippen molar-refractivity contribution in [2.75, 3.05) is 32.8 Å². The van der Waals surface area contributed by atoms with E-state index < -0.39 is 0 Å². The molecule has 4 aliphatic rings. The van der Waals surface area contributed by atoms with Gasteiger partial charge in [0.25, 0.3) is 0 Å². The minimum absolute atomic E-state index is 0.301. The van der Waals surface area contributed by atoms with E-state index >= 15 is 0 Å². The Morgan fingerprint density at radius 3 is 2.88 bits per heavy atom. The van der Waals surface area contributed by atoms with Gasteiger partial charge in [0.1, 0.15) is 0 Å². The molecule has 1 aliphatic carbocycles. The van der Waals surface area contributed by atoms with Crippen LogP contribution in [0, 0.1) is 17.8 Å². The first kappa shape index (κ1) is 17.2. The van der Waals surface area contributed by atoms with Gasteiger partial charge in [0.15, 0.2) is 0 Å². The van der Waals surface area contributed by atoms with Gasteiger partial charge in [-0.05, 0) is 44.4 Å². The highest BCUT2D eigenvalue weighted by molar-refractivity contribution is 5.00. The Balaban J connectivity index is 1.46. The van der Waals surface area contributed by atoms with Crippen LogP contribution >= 0.6 is 0 Å². The summed E-state index contributed by atoms with van der Waals surface area (Å²) in [7, 11) is 0. The van der Waals surface area contributed by atoms with Crippen LogP contribution in [-0.4, -0.2) is 62.1 Å². The summed E-state index contributed by atoms with van der Waals surface area (Å²) in [6.45, 7) is 9.42. The van der Waals surface area contributed by atoms with Gasteiger partial charge in [-0.3, -0.25) is 16.3 Å². The largest absolute Gasteiger partial charge is 0.381 e. The number of hydrogen-bond acceptors (Lipinski definition) is 6. The normalized spacial score (nSPS) is 50.2. The lowest BCUT2D eigenvalue weighted by Crippen LogP contribution is -2.42. The van der Waals surface area contributed by atoms with Crippen LogP contribution in [0.3, 0.4) is 0 Å². The zero-order valence-electron chi connectivity index (χ0n) is 15.2. The van der Waals surface area contributed by atoms with Crippen LogP contribution in [0.2, 0.25) is 0 Å². The third-order valence-corrected chi connectivity index (χ3v) is 6.32. The minimum atomic E-state index is 0.301. The molecule has 0 spiro atoms. The van der Waals surface area contributed by atoms with E-state index in [0.29, 0.717) is 42.0 Å². The van der Waals surface area contributed by atoms with Gasteiger partial charge in [-0.2, -0.15) is 0 Å². The van der Waals surface area contributed by atoms with Gasteiger partial charge in [0.05, 0.1) is 18.8 Å². The molecule has 24 heavy (non-hydrogen) atoms. The summed E-state index contributed by atoms with van der Waals surface area (Å²) in [5, 5.41) is 2.41. The molecule has 0 aromatic rings. The molecule has 0 aromatic heterocycles. The second-order valence-electron chi connectivity index (χ2n) is 8.46. The summed E-state index contributed by atoms with van der Waals surface area (Å²) in [6.07, 6.45) is 5.31. The van der Waals surface area contributed by atoms with E-state index in [-0.39, 0.29) is 0 Å². The van der Waals surface area contributed by atoms with Crippen LogP contribution in [0.25, 0.3) is 0 Å². The van der Waals surface area contributed by atoms with Crippen molar-refractivity contribution in [2.45, 2.75) is 63.8 Å². The SMILES string of the molecule is C[C@H]1COCC[C@H](C)OC2CCC3NNC(C4CNN(C4)C1)C3C2. The standard InChI is InChI=1S/C18H34N4O2/c1-12-9-22-10-14(8-19-22)18-16-7-15(3-4-17(16)20-21-18)24-13(2)5-6-23-11-12/h12-21H,3-11H2,1-2H3/t12-,13+,14?,15?,16?,17?,18?/m1/s1. The number of fused-ring (bicyclic) bond motifs is 4. The number of nitrogens with one attached hydrogen (secondary N) is 3. The Kier molecular flexibility index (Phi) is 5.41. The maximum absolute atomic E-state index is 6.37. The average Bonchev–Trinajstić information content (AvgIpc) is 3.17. The number of ether oxygens (including phenoxy) is 2. The predicted molar refractivity (Wildman–Crippen MR) is 93.2 cm³/mol. The highest BCUT2D eigenvalue weighted by atomic mass is 16.5. The Labute approximate surface area is 145 Å². The van der Waals surface area contributed by atoms with Crippen molar-refractivity contribution in [3.8, 4) is 0 Å². The number of hydrogen-bond donors (Lipinski definition) is 3. The van der Waals surface area contributed by atoms with Crippen molar-refractivity contribution in [1.82, 2.24) is 21.3 Å². The van der Waals surface area contributed by atoms with E-state index in [1.54, 1.807) is 0 Å². The second-order valence-corrected chi connectivity index (χ2v) is 8.46. The van der Waals surface area contributed by atoms with Crippen LogP contribution in [0.4, 0.5) is 0 Å². The first-order chi connectivity index (χ1) is 11.7. The van der Waals surface area contributed by atoms with E-state index in [0.717, 1.165) is 39.3 Å². The van der Waals surface area contributed by atoms with Gasteiger partial charge >= 0.3 is 0 Å². The molecular formula is C18H34N4O2. The molecule has 138 valence electrons. The number of rotatable bonds is 0. The summed E-state index contributed by atoms with van der Waals surface area (Å²) in [4.78, 5) is 0. The predicted octanol–water partition coefficient (Wildman–Crippen LogP) is 0.898. The van der Waals surface area contributed by atoms with Crippen LogP contribution in [0.1, 0.15) is 39.5 Å². The van der Waals surface area contributed by atoms with Crippen molar-refractivity contribution < 1.29 is 9.47 Å². The summed E-state index contributed by atoms with van der Waals surface area (Å²) < 4.78 is 12.3. The van der Waals surface area contributed by atoms with E-state index in [2.05, 4.69) is 35.1 Å². The molecule has 0 aromatic carbocycles. The Morgan fingerprint density at radius 2 is 1.96 bits per heavy atom. The summed E-state index contributed by atoms with van der Waals surface area (Å²) in [5.41, 5.74) is 10.8. The van der Waals surface area contributed by atoms with Gasteiger partial charge in [-0.1, -0.05) is 6.92 Å². The first-order valence-electron chi connectivity index (χ1n) is 9.91. The zero-order valence-corrected chi connectivity index (χ0v) is 15.2. The molecular weight excluding hydrogens is 304 g/mol. The first-order valence-corrected chi connectivity index (χ1v) is 9.91. The van der Waals surface area contributed by atoms with E-state index in [1.807, 2.05) is 0 Å². The zero-order chi connectivity index (χ0) is 16.5. The molecule has 3 saturated heterocycles. The topological polar surface area (TPSA) is 57.8 Å². The molecule has 0 amide bonds. The summed E-state index contributed by atoms with van der Waals surface area (Å²) in [6, 6.07) is 1.18. The van der Waals surface area contributed by atoms with Gasteiger partial charge in [-0.25, -0.2) is 5.01 Å². The highest BCUT2D eigenvalue weighted by Crippen LogP contribution is 2.36. The van der Waals surface area contributed by atoms with Crippen molar-refractivity contribution in [3.63, 3.8) is 0 Å². The third-order valence-electron chi connectivity index (χ3n) is 6.32. The Hall–Kier alpha value is -0.240. The van der Waals surface area contributed by atoms with E-state index in [1.165, 1.54) is 19.3 Å². The third kappa shape index (κ3) is 3.79. The molecule has 6 nitrogen and oxygen atoms in total. The number of hydrazine groups is 2. The van der Waals surface area contributed by atoms with Crippen LogP contribution in [0.5, 0.6) is 0 Å². The Bertz CT molecular complexity index is 424. The molecule has 3 aliphatic heterocycles. The molecule has 4 fully saturated rings. The van der Waals surface area contributed by atoms with Crippen molar-refractivity contribution in [2.24, 2.45) is 17.8 Å². The van der Waals surface area contributed by atoms with Crippen LogP contribution in [-0.2, 0) is 9.47 Å². The smallest absolute Gasteiger partial charge is 0.0583 e. The van der Waals surface area contributed by atoms with Crippen molar-refractivity contribution in [3.05, 3.63) is 0 Å². The lowest BCUT2D eigenvalue weighted by atomic mass is 9.76. The maximum atomic E-state index is 6.37. The fraction of sp³-hybridized carbons (Fsp3) is 1.00. The molecule has 6 heteroatoms. The van der Waals surface area contributed by atoms with E-state index in [9.17, 15) is 0 Å². The molecule has 3 N–H and O–H groups in total. The summed E-state index contributed by atoms with van der Waals surface area (Å²) in [5.74, 6) is 1.92. The molecule has 8 atom stereocenters. The molecule has 4 rings (SSSR count). The lowest BCUT2D eigenvalue weighted by molar-refractivity contribution is -0.0496. The van der Waals surface area contributed by atoms with Crippen molar-refractivity contribution >= 4 is 0 Å². The average molecular weight is 338 g/mol. The van der Waals surface area contributed by atoms with Gasteiger partial charge < -0.3 is 9.47 Å². The second kappa shape index (κ2) is 7.56. The molecule has 1 saturated carbocycles. The molecule has 3 heterocycles.